The van der Waals surface area contributed by atoms with Crippen molar-refractivity contribution in [3.8, 4) is 5.69 Å². The van der Waals surface area contributed by atoms with Crippen molar-refractivity contribution in [2.24, 2.45) is 0 Å². The summed E-state index contributed by atoms with van der Waals surface area (Å²) in [6.45, 7) is 4.77. The molecule has 1 N–H and O–H groups in total. The zero-order valence-corrected chi connectivity index (χ0v) is 16.1. The van der Waals surface area contributed by atoms with E-state index in [4.69, 9.17) is 0 Å². The van der Waals surface area contributed by atoms with Gasteiger partial charge in [0.2, 0.25) is 5.91 Å². The summed E-state index contributed by atoms with van der Waals surface area (Å²) in [6.07, 6.45) is 4.70. The number of hydrogen-bond acceptors (Lipinski definition) is 2. The summed E-state index contributed by atoms with van der Waals surface area (Å²) in [4.78, 5) is 12.5. The third-order valence-electron chi connectivity index (χ3n) is 4.87. The number of hydrogen-bond donors (Lipinski definition) is 1. The Bertz CT molecular complexity index is 856. The predicted octanol–water partition coefficient (Wildman–Crippen LogP) is 4.42. The summed E-state index contributed by atoms with van der Waals surface area (Å²) in [5, 5.41) is 7.70. The maximum absolute atomic E-state index is 12.5. The van der Waals surface area contributed by atoms with Crippen LogP contribution in [0.5, 0.6) is 0 Å². The molecule has 1 aromatic heterocycles. The molecule has 0 aliphatic heterocycles. The average Bonchev–Trinajstić information content (AvgIpc) is 3.08. The van der Waals surface area contributed by atoms with E-state index in [9.17, 15) is 4.79 Å². The van der Waals surface area contributed by atoms with Gasteiger partial charge in [0.15, 0.2) is 0 Å². The molecule has 27 heavy (non-hydrogen) atoms. The maximum atomic E-state index is 12.5. The molecule has 2 aromatic carbocycles. The van der Waals surface area contributed by atoms with Crippen molar-refractivity contribution in [2.75, 3.05) is 6.54 Å². The standard InChI is InChI=1S/C23H27N3O/c1-3-22(19-11-6-4-7-12-19)23(27)24-16-10-13-20-17-26(25-18(20)2)21-14-8-5-9-15-21/h4-9,11-12,14-15,17,22H,3,10,13,16H2,1-2H3,(H,24,27)/t22-/m1/s1. The fourth-order valence-corrected chi connectivity index (χ4v) is 3.33. The van der Waals surface area contributed by atoms with Gasteiger partial charge in [-0.15, -0.1) is 0 Å². The average molecular weight is 361 g/mol. The minimum atomic E-state index is -0.0752. The van der Waals surface area contributed by atoms with E-state index in [1.54, 1.807) is 0 Å². The topological polar surface area (TPSA) is 46.9 Å². The largest absolute Gasteiger partial charge is 0.356 e. The maximum Gasteiger partial charge on any atom is 0.227 e. The molecular formula is C23H27N3O. The monoisotopic (exact) mass is 361 g/mol. The second-order valence-corrected chi connectivity index (χ2v) is 6.79. The van der Waals surface area contributed by atoms with Crippen LogP contribution in [-0.4, -0.2) is 22.2 Å². The first-order valence-electron chi connectivity index (χ1n) is 9.62. The van der Waals surface area contributed by atoms with E-state index >= 15 is 0 Å². The Hall–Kier alpha value is -2.88. The van der Waals surface area contributed by atoms with Gasteiger partial charge in [0.25, 0.3) is 0 Å². The van der Waals surface area contributed by atoms with E-state index in [0.717, 1.165) is 36.2 Å². The van der Waals surface area contributed by atoms with Gasteiger partial charge in [0.05, 0.1) is 17.3 Å². The van der Waals surface area contributed by atoms with Gasteiger partial charge in [-0.1, -0.05) is 55.5 Å². The summed E-state index contributed by atoms with van der Waals surface area (Å²) >= 11 is 0. The normalized spacial score (nSPS) is 11.9. The molecule has 1 heterocycles. The lowest BCUT2D eigenvalue weighted by Crippen LogP contribution is -2.30. The van der Waals surface area contributed by atoms with Crippen LogP contribution in [0.2, 0.25) is 0 Å². The van der Waals surface area contributed by atoms with Crippen LogP contribution in [0.25, 0.3) is 5.69 Å². The molecule has 0 aliphatic rings. The highest BCUT2D eigenvalue weighted by molar-refractivity contribution is 5.83. The first kappa shape index (κ1) is 18.9. The summed E-state index contributed by atoms with van der Waals surface area (Å²) in [7, 11) is 0. The molecule has 0 radical (unpaired) electrons. The number of carbonyl (C=O) groups excluding carboxylic acids is 1. The molecule has 4 nitrogen and oxygen atoms in total. The summed E-state index contributed by atoms with van der Waals surface area (Å²) in [6, 6.07) is 20.1. The van der Waals surface area contributed by atoms with Crippen molar-refractivity contribution in [3.63, 3.8) is 0 Å². The number of para-hydroxylation sites is 1. The molecule has 1 amide bonds. The van der Waals surface area contributed by atoms with E-state index in [0.29, 0.717) is 6.54 Å². The molecule has 4 heteroatoms. The Morgan fingerprint density at radius 3 is 2.41 bits per heavy atom. The Kier molecular flexibility index (Phi) is 6.42. The van der Waals surface area contributed by atoms with Crippen LogP contribution in [0.4, 0.5) is 0 Å². The molecule has 0 saturated heterocycles. The van der Waals surface area contributed by atoms with Gasteiger partial charge in [0, 0.05) is 12.7 Å². The highest BCUT2D eigenvalue weighted by Gasteiger charge is 2.17. The van der Waals surface area contributed by atoms with Crippen LogP contribution >= 0.6 is 0 Å². The molecule has 140 valence electrons. The number of rotatable bonds is 8. The van der Waals surface area contributed by atoms with Crippen molar-refractivity contribution in [2.45, 2.75) is 39.0 Å². The minimum absolute atomic E-state index is 0.0752. The first-order chi connectivity index (χ1) is 13.2. The van der Waals surface area contributed by atoms with Crippen molar-refractivity contribution in [1.82, 2.24) is 15.1 Å². The Labute approximate surface area is 161 Å². The lowest BCUT2D eigenvalue weighted by atomic mass is 9.95. The van der Waals surface area contributed by atoms with Crippen molar-refractivity contribution in [1.29, 1.82) is 0 Å². The minimum Gasteiger partial charge on any atom is -0.356 e. The predicted molar refractivity (Wildman–Crippen MR) is 109 cm³/mol. The fraction of sp³-hybridized carbons (Fsp3) is 0.304. The third-order valence-corrected chi connectivity index (χ3v) is 4.87. The fourth-order valence-electron chi connectivity index (χ4n) is 3.33. The molecule has 0 spiro atoms. The summed E-state index contributed by atoms with van der Waals surface area (Å²) < 4.78 is 1.92. The highest BCUT2D eigenvalue weighted by atomic mass is 16.1. The van der Waals surface area contributed by atoms with Gasteiger partial charge in [0.1, 0.15) is 0 Å². The van der Waals surface area contributed by atoms with Gasteiger partial charge in [-0.2, -0.15) is 5.10 Å². The molecule has 1 atom stereocenters. The van der Waals surface area contributed by atoms with Gasteiger partial charge in [-0.05, 0) is 49.4 Å². The molecule has 3 aromatic rings. The van der Waals surface area contributed by atoms with E-state index in [-0.39, 0.29) is 11.8 Å². The second-order valence-electron chi connectivity index (χ2n) is 6.79. The van der Waals surface area contributed by atoms with Gasteiger partial charge < -0.3 is 5.32 Å². The molecule has 0 aliphatic carbocycles. The highest BCUT2D eigenvalue weighted by Crippen LogP contribution is 2.19. The van der Waals surface area contributed by atoms with Gasteiger partial charge in [-0.3, -0.25) is 4.79 Å². The van der Waals surface area contributed by atoms with E-state index < -0.39 is 0 Å². The summed E-state index contributed by atoms with van der Waals surface area (Å²) in [5.74, 6) is 0.0363. The van der Waals surface area contributed by atoms with Crippen molar-refractivity contribution in [3.05, 3.63) is 83.7 Å². The zero-order chi connectivity index (χ0) is 19.1. The zero-order valence-electron chi connectivity index (χ0n) is 16.1. The van der Waals surface area contributed by atoms with E-state index in [1.807, 2.05) is 72.3 Å². The smallest absolute Gasteiger partial charge is 0.227 e. The number of benzene rings is 2. The first-order valence-corrected chi connectivity index (χ1v) is 9.62. The lowest BCUT2D eigenvalue weighted by Gasteiger charge is -2.15. The number of nitrogens with one attached hydrogen (secondary N) is 1. The number of aromatic nitrogens is 2. The number of amides is 1. The van der Waals surface area contributed by atoms with Crippen LogP contribution in [0.15, 0.2) is 66.9 Å². The third kappa shape index (κ3) is 4.85. The molecule has 0 unspecified atom stereocenters. The molecule has 0 fully saturated rings. The van der Waals surface area contributed by atoms with Gasteiger partial charge in [-0.25, -0.2) is 4.68 Å². The van der Waals surface area contributed by atoms with Crippen LogP contribution in [0, 0.1) is 6.92 Å². The molecule has 0 bridgehead atoms. The van der Waals surface area contributed by atoms with Crippen LogP contribution in [0.1, 0.15) is 42.5 Å². The summed E-state index contributed by atoms with van der Waals surface area (Å²) in [5.41, 5.74) is 4.41. The van der Waals surface area contributed by atoms with E-state index in [2.05, 4.69) is 23.5 Å². The Morgan fingerprint density at radius 2 is 1.74 bits per heavy atom. The number of nitrogens with zero attached hydrogens (tertiary/aromatic N) is 2. The van der Waals surface area contributed by atoms with Crippen molar-refractivity contribution >= 4 is 5.91 Å². The van der Waals surface area contributed by atoms with E-state index in [1.165, 1.54) is 5.56 Å². The lowest BCUT2D eigenvalue weighted by molar-refractivity contribution is -0.122. The van der Waals surface area contributed by atoms with Crippen LogP contribution < -0.4 is 5.32 Å². The van der Waals surface area contributed by atoms with Crippen molar-refractivity contribution < 1.29 is 4.79 Å². The Morgan fingerprint density at radius 1 is 1.07 bits per heavy atom. The molecule has 3 rings (SSSR count). The quantitative estimate of drug-likeness (QED) is 0.604. The van der Waals surface area contributed by atoms with Gasteiger partial charge >= 0.3 is 0 Å². The van der Waals surface area contributed by atoms with Crippen LogP contribution in [-0.2, 0) is 11.2 Å². The number of aryl methyl sites for hydroxylation is 2. The molecule has 0 saturated carbocycles. The van der Waals surface area contributed by atoms with Crippen LogP contribution in [0.3, 0.4) is 0 Å². The second kappa shape index (κ2) is 9.17. The number of carbonyl (C=O) groups is 1. The SMILES string of the molecule is CC[C@@H](C(=O)NCCCc1cn(-c2ccccc2)nc1C)c1ccccc1. The molecular weight excluding hydrogens is 334 g/mol. The Balaban J connectivity index is 1.51.